The smallest absolute Gasteiger partial charge is 0.250 e. The van der Waals surface area contributed by atoms with Crippen molar-refractivity contribution in [2.75, 3.05) is 28.3 Å². The van der Waals surface area contributed by atoms with E-state index in [1.807, 2.05) is 36.4 Å². The molecule has 1 heterocycles. The summed E-state index contributed by atoms with van der Waals surface area (Å²) in [5.74, 6) is 3.11. The molecule has 0 spiro atoms. The van der Waals surface area contributed by atoms with Crippen molar-refractivity contribution < 1.29 is 18.4 Å². The Morgan fingerprint density at radius 2 is 1.71 bits per heavy atom. The summed E-state index contributed by atoms with van der Waals surface area (Å²) in [6, 6.07) is 12.8. The van der Waals surface area contributed by atoms with Gasteiger partial charge in [0.1, 0.15) is 5.82 Å². The Balaban J connectivity index is 1.37. The van der Waals surface area contributed by atoms with Crippen molar-refractivity contribution in [1.82, 2.24) is 15.0 Å². The summed E-state index contributed by atoms with van der Waals surface area (Å²) in [6.07, 6.45) is 8.55. The molecular weight excluding hydrogens is 433 g/mol. The van der Waals surface area contributed by atoms with Gasteiger partial charge in [0.15, 0.2) is 11.5 Å². The van der Waals surface area contributed by atoms with E-state index in [-0.39, 0.29) is 5.82 Å². The van der Waals surface area contributed by atoms with Gasteiger partial charge in [-0.15, -0.1) is 0 Å². The molecule has 1 fully saturated rings. The molecule has 2 aromatic carbocycles. The van der Waals surface area contributed by atoms with Crippen LogP contribution in [0.15, 0.2) is 53.1 Å². The van der Waals surface area contributed by atoms with E-state index in [4.69, 9.17) is 14.0 Å². The van der Waals surface area contributed by atoms with Gasteiger partial charge in [0.25, 0.3) is 5.89 Å². The van der Waals surface area contributed by atoms with Crippen molar-refractivity contribution in [3.05, 3.63) is 65.8 Å². The lowest BCUT2D eigenvalue weighted by Crippen LogP contribution is -2.30. The molecule has 3 aromatic rings. The maximum Gasteiger partial charge on any atom is 0.250 e. The second kappa shape index (κ2) is 10.8. The van der Waals surface area contributed by atoms with Crippen LogP contribution >= 0.6 is 0 Å². The van der Waals surface area contributed by atoms with Gasteiger partial charge in [-0.1, -0.05) is 23.4 Å². The number of allylic oxidation sites excluding steroid dienone is 1. The van der Waals surface area contributed by atoms with Crippen LogP contribution in [-0.4, -0.2) is 43.4 Å². The second-order valence-electron chi connectivity index (χ2n) is 9.02. The first-order valence-electron chi connectivity index (χ1n) is 11.6. The molecule has 0 amide bonds. The van der Waals surface area contributed by atoms with Crippen LogP contribution in [0, 0.1) is 17.7 Å². The second-order valence-corrected chi connectivity index (χ2v) is 9.02. The highest BCUT2D eigenvalue weighted by molar-refractivity contribution is 5.61. The highest BCUT2D eigenvalue weighted by Gasteiger charge is 2.29. The maximum atomic E-state index is 13.4. The van der Waals surface area contributed by atoms with E-state index in [0.717, 1.165) is 31.2 Å². The molecule has 1 saturated carbocycles. The van der Waals surface area contributed by atoms with Gasteiger partial charge in [0.2, 0.25) is 5.82 Å². The lowest BCUT2D eigenvalue weighted by molar-refractivity contribution is 0.159. The number of benzene rings is 2. The zero-order chi connectivity index (χ0) is 24.1. The third-order valence-electron chi connectivity index (χ3n) is 6.63. The molecule has 180 valence electrons. The van der Waals surface area contributed by atoms with Crippen molar-refractivity contribution in [2.24, 2.45) is 11.8 Å². The lowest BCUT2D eigenvalue weighted by atomic mass is 9.76. The van der Waals surface area contributed by atoms with Gasteiger partial charge in [0.05, 0.1) is 14.2 Å². The zero-order valence-corrected chi connectivity index (χ0v) is 20.2. The molecule has 1 atom stereocenters. The van der Waals surface area contributed by atoms with E-state index < -0.39 is 0 Å². The molecule has 0 radical (unpaired) electrons. The number of ether oxygens (including phenoxy) is 2. The van der Waals surface area contributed by atoms with Gasteiger partial charge >= 0.3 is 0 Å². The fourth-order valence-electron chi connectivity index (χ4n) is 4.92. The molecule has 0 N–H and O–H groups in total. The van der Waals surface area contributed by atoms with E-state index in [1.165, 1.54) is 5.56 Å². The molecule has 1 aliphatic rings. The molecule has 34 heavy (non-hydrogen) atoms. The summed E-state index contributed by atoms with van der Waals surface area (Å²) in [4.78, 5) is 6.76. The number of nitrogens with zero attached hydrogens (tertiary/aromatic N) is 3. The number of hydrogen-bond donors (Lipinski definition) is 0. The highest BCUT2D eigenvalue weighted by Crippen LogP contribution is 2.40. The molecule has 7 heteroatoms. The van der Waals surface area contributed by atoms with Crippen LogP contribution in [0.4, 0.5) is 4.39 Å². The van der Waals surface area contributed by atoms with E-state index in [9.17, 15) is 4.39 Å². The van der Waals surface area contributed by atoms with E-state index in [1.54, 1.807) is 26.4 Å². The molecule has 6 nitrogen and oxygen atoms in total. The van der Waals surface area contributed by atoms with E-state index >= 15 is 0 Å². The quantitative estimate of drug-likeness (QED) is 0.406. The average Bonchev–Trinajstić information content (AvgIpc) is 3.33. The lowest BCUT2D eigenvalue weighted by Gasteiger charge is -2.37. The summed E-state index contributed by atoms with van der Waals surface area (Å²) in [5.41, 5.74) is 1.98. The normalized spacial score (nSPS) is 19.5. The Morgan fingerprint density at radius 3 is 2.35 bits per heavy atom. The fourth-order valence-corrected chi connectivity index (χ4v) is 4.92. The summed E-state index contributed by atoms with van der Waals surface area (Å²) < 4.78 is 29.5. The fraction of sp³-hybridized carbons (Fsp3) is 0.407. The molecule has 0 aliphatic heterocycles. The minimum Gasteiger partial charge on any atom is -0.493 e. The Morgan fingerprint density at radius 1 is 1.00 bits per heavy atom. The first-order valence-corrected chi connectivity index (χ1v) is 11.6. The zero-order valence-electron chi connectivity index (χ0n) is 20.2. The monoisotopic (exact) mass is 465 g/mol. The average molecular weight is 466 g/mol. The van der Waals surface area contributed by atoms with E-state index in [0.29, 0.717) is 41.1 Å². The van der Waals surface area contributed by atoms with Gasteiger partial charge in [-0.25, -0.2) is 4.39 Å². The molecule has 4 rings (SSSR count). The van der Waals surface area contributed by atoms with Crippen molar-refractivity contribution in [3.63, 3.8) is 0 Å². The van der Waals surface area contributed by atoms with Crippen LogP contribution in [0.5, 0.6) is 11.5 Å². The Kier molecular flexibility index (Phi) is 7.63. The van der Waals surface area contributed by atoms with Gasteiger partial charge in [0, 0.05) is 11.6 Å². The third kappa shape index (κ3) is 5.47. The van der Waals surface area contributed by atoms with Crippen molar-refractivity contribution in [1.29, 1.82) is 0 Å². The molecule has 0 bridgehead atoms. The predicted molar refractivity (Wildman–Crippen MR) is 130 cm³/mol. The van der Waals surface area contributed by atoms with Gasteiger partial charge < -0.3 is 18.9 Å². The van der Waals surface area contributed by atoms with Gasteiger partial charge in [-0.05, 0) is 93.6 Å². The summed E-state index contributed by atoms with van der Waals surface area (Å²) in [7, 11) is 7.41. The number of aromatic nitrogens is 2. The Bertz CT molecular complexity index is 1100. The molecule has 0 saturated heterocycles. The third-order valence-corrected chi connectivity index (χ3v) is 6.63. The summed E-state index contributed by atoms with van der Waals surface area (Å²) >= 11 is 0. The largest absolute Gasteiger partial charge is 0.493 e. The number of halogens is 1. The van der Waals surface area contributed by atoms with Crippen LogP contribution in [-0.2, 0) is 0 Å². The van der Waals surface area contributed by atoms with Crippen LogP contribution in [0.3, 0.4) is 0 Å². The minimum absolute atomic E-state index is 0.189. The summed E-state index contributed by atoms with van der Waals surface area (Å²) in [5, 5.41) is 4.11. The van der Waals surface area contributed by atoms with Crippen LogP contribution < -0.4 is 9.47 Å². The topological polar surface area (TPSA) is 60.6 Å². The number of hydrogen-bond acceptors (Lipinski definition) is 6. The van der Waals surface area contributed by atoms with Gasteiger partial charge in [-0.3, -0.25) is 0 Å². The van der Waals surface area contributed by atoms with Crippen LogP contribution in [0.1, 0.15) is 43.2 Å². The van der Waals surface area contributed by atoms with Crippen molar-refractivity contribution in [3.8, 4) is 22.9 Å². The number of methoxy groups -OCH3 is 2. The number of rotatable bonds is 8. The Hall–Kier alpha value is -3.19. The van der Waals surface area contributed by atoms with Crippen LogP contribution in [0.25, 0.3) is 17.5 Å². The molecular formula is C27H32FN3O3. The predicted octanol–water partition coefficient (Wildman–Crippen LogP) is 6.02. The van der Waals surface area contributed by atoms with Crippen molar-refractivity contribution in [2.45, 2.75) is 31.7 Å². The summed E-state index contributed by atoms with van der Waals surface area (Å²) in [6.45, 7) is 0. The van der Waals surface area contributed by atoms with Crippen molar-refractivity contribution >= 4 is 6.08 Å². The van der Waals surface area contributed by atoms with Gasteiger partial charge in [-0.2, -0.15) is 4.98 Å². The molecule has 1 aliphatic carbocycles. The maximum absolute atomic E-state index is 13.4. The Labute approximate surface area is 200 Å². The van der Waals surface area contributed by atoms with E-state index in [2.05, 4.69) is 35.2 Å². The first kappa shape index (κ1) is 24.0. The van der Waals surface area contributed by atoms with Crippen LogP contribution in [0.2, 0.25) is 0 Å². The minimum atomic E-state index is -0.189. The SMILES string of the molecule is COc1ccc(-c2noc(/C=C/C3CCC(C(c4ccc(F)cc4)N(C)C)CC3)n2)cc1OC. The molecule has 1 unspecified atom stereocenters. The standard InChI is InChI=1S/C27H32FN3O3/c1-31(2)26(20-10-13-22(28)14-11-20)19-8-5-18(6-9-19)7-16-25-29-27(30-34-25)21-12-15-23(32-3)24(17-21)33-4/h7,10-19,26H,5-6,8-9H2,1-4H3/b16-7+. The highest BCUT2D eigenvalue weighted by atomic mass is 19.1. The first-order chi connectivity index (χ1) is 16.5. The molecule has 1 aromatic heterocycles.